The lowest BCUT2D eigenvalue weighted by Gasteiger charge is -2.19. The molecule has 2 rings (SSSR count). The number of benzene rings is 1. The predicted octanol–water partition coefficient (Wildman–Crippen LogP) is 3.26. The van der Waals surface area contributed by atoms with E-state index in [9.17, 15) is 0 Å². The summed E-state index contributed by atoms with van der Waals surface area (Å²) in [5.41, 5.74) is 2.18. The Morgan fingerprint density at radius 3 is 2.80 bits per heavy atom. The first-order valence-corrected chi connectivity index (χ1v) is 7.16. The van der Waals surface area contributed by atoms with Gasteiger partial charge in [-0.2, -0.15) is 5.10 Å². The van der Waals surface area contributed by atoms with Gasteiger partial charge < -0.3 is 10.1 Å². The van der Waals surface area contributed by atoms with Crippen molar-refractivity contribution in [3.63, 3.8) is 0 Å². The van der Waals surface area contributed by atoms with Crippen LogP contribution in [0.4, 0.5) is 0 Å². The zero-order valence-electron chi connectivity index (χ0n) is 12.1. The van der Waals surface area contributed by atoms with Crippen LogP contribution in [0.25, 0.3) is 0 Å². The summed E-state index contributed by atoms with van der Waals surface area (Å²) in [5, 5.41) is 8.49. The SMILES string of the molecule is CCNC(c1cnn(CC)c1)c1ccc(Cl)cc1OC. The zero-order valence-corrected chi connectivity index (χ0v) is 12.8. The molecule has 0 aliphatic rings. The van der Waals surface area contributed by atoms with Crippen molar-refractivity contribution in [2.45, 2.75) is 26.4 Å². The standard InChI is InChI=1S/C15H20ClN3O/c1-4-17-15(11-9-18-19(5-2)10-11)13-7-6-12(16)8-14(13)20-3/h6-10,15,17H,4-5H2,1-3H3. The van der Waals surface area contributed by atoms with Gasteiger partial charge in [0, 0.05) is 28.9 Å². The van der Waals surface area contributed by atoms with Crippen molar-refractivity contribution in [1.29, 1.82) is 0 Å². The van der Waals surface area contributed by atoms with Gasteiger partial charge in [-0.15, -0.1) is 0 Å². The molecule has 0 radical (unpaired) electrons. The summed E-state index contributed by atoms with van der Waals surface area (Å²) in [4.78, 5) is 0. The van der Waals surface area contributed by atoms with E-state index in [0.717, 1.165) is 30.0 Å². The van der Waals surface area contributed by atoms with Crippen molar-refractivity contribution in [2.75, 3.05) is 13.7 Å². The molecule has 0 aliphatic heterocycles. The largest absolute Gasteiger partial charge is 0.496 e. The summed E-state index contributed by atoms with van der Waals surface area (Å²) in [5.74, 6) is 0.785. The minimum absolute atomic E-state index is 0.0486. The Balaban J connectivity index is 2.42. The van der Waals surface area contributed by atoms with Gasteiger partial charge in [0.1, 0.15) is 5.75 Å². The van der Waals surface area contributed by atoms with E-state index in [-0.39, 0.29) is 6.04 Å². The predicted molar refractivity (Wildman–Crippen MR) is 81.4 cm³/mol. The molecule has 0 fully saturated rings. The second-order valence-electron chi connectivity index (χ2n) is 4.51. The number of methoxy groups -OCH3 is 1. The van der Waals surface area contributed by atoms with Crippen molar-refractivity contribution >= 4 is 11.6 Å². The number of halogens is 1. The van der Waals surface area contributed by atoms with Crippen LogP contribution in [0.2, 0.25) is 5.02 Å². The number of rotatable bonds is 6. The highest BCUT2D eigenvalue weighted by Gasteiger charge is 2.19. The lowest BCUT2D eigenvalue weighted by molar-refractivity contribution is 0.404. The topological polar surface area (TPSA) is 39.1 Å². The average molecular weight is 294 g/mol. The Hall–Kier alpha value is -1.52. The van der Waals surface area contributed by atoms with Gasteiger partial charge in [0.15, 0.2) is 0 Å². The molecule has 108 valence electrons. The Morgan fingerprint density at radius 1 is 1.40 bits per heavy atom. The van der Waals surface area contributed by atoms with Crippen LogP contribution in [0.5, 0.6) is 5.75 Å². The highest BCUT2D eigenvalue weighted by molar-refractivity contribution is 6.30. The highest BCUT2D eigenvalue weighted by Crippen LogP contribution is 2.32. The number of nitrogens with one attached hydrogen (secondary N) is 1. The monoisotopic (exact) mass is 293 g/mol. The smallest absolute Gasteiger partial charge is 0.125 e. The van der Waals surface area contributed by atoms with Crippen molar-refractivity contribution in [2.24, 2.45) is 0 Å². The molecule has 1 unspecified atom stereocenters. The van der Waals surface area contributed by atoms with E-state index in [2.05, 4.69) is 30.5 Å². The van der Waals surface area contributed by atoms with Gasteiger partial charge in [-0.1, -0.05) is 24.6 Å². The first kappa shape index (κ1) is 14.9. The fraction of sp³-hybridized carbons (Fsp3) is 0.400. The summed E-state index contributed by atoms with van der Waals surface area (Å²) in [6, 6.07) is 5.77. The molecule has 4 nitrogen and oxygen atoms in total. The summed E-state index contributed by atoms with van der Waals surface area (Å²) >= 11 is 6.03. The van der Waals surface area contributed by atoms with Crippen molar-refractivity contribution in [1.82, 2.24) is 15.1 Å². The molecule has 0 amide bonds. The lowest BCUT2D eigenvalue weighted by atomic mass is 10.0. The molecule has 1 atom stereocenters. The number of hydrogen-bond acceptors (Lipinski definition) is 3. The van der Waals surface area contributed by atoms with Crippen LogP contribution in [0, 0.1) is 0 Å². The molecule has 5 heteroatoms. The molecule has 0 aliphatic carbocycles. The van der Waals surface area contributed by atoms with Crippen LogP contribution in [0.15, 0.2) is 30.6 Å². The fourth-order valence-electron chi connectivity index (χ4n) is 2.24. The van der Waals surface area contributed by atoms with E-state index in [1.54, 1.807) is 7.11 Å². The van der Waals surface area contributed by atoms with Crippen molar-refractivity contribution in [3.8, 4) is 5.75 Å². The summed E-state index contributed by atoms with van der Waals surface area (Å²) in [6.07, 6.45) is 3.95. The van der Waals surface area contributed by atoms with Gasteiger partial charge in [-0.3, -0.25) is 4.68 Å². The van der Waals surface area contributed by atoms with Gasteiger partial charge >= 0.3 is 0 Å². The molecule has 2 aromatic rings. The van der Waals surface area contributed by atoms with E-state index in [1.165, 1.54) is 0 Å². The maximum Gasteiger partial charge on any atom is 0.125 e. The molecule has 1 aromatic heterocycles. The van der Waals surface area contributed by atoms with Crippen LogP contribution in [-0.4, -0.2) is 23.4 Å². The third-order valence-electron chi connectivity index (χ3n) is 3.23. The van der Waals surface area contributed by atoms with Crippen LogP contribution in [0.1, 0.15) is 31.0 Å². The number of hydrogen-bond donors (Lipinski definition) is 1. The highest BCUT2D eigenvalue weighted by atomic mass is 35.5. The second kappa shape index (κ2) is 6.77. The minimum atomic E-state index is 0.0486. The van der Waals surface area contributed by atoms with Gasteiger partial charge in [-0.05, 0) is 25.6 Å². The Labute approximate surface area is 124 Å². The molecular weight excluding hydrogens is 274 g/mol. The molecule has 20 heavy (non-hydrogen) atoms. The van der Waals surface area contributed by atoms with Gasteiger partial charge in [0.25, 0.3) is 0 Å². The van der Waals surface area contributed by atoms with Crippen LogP contribution >= 0.6 is 11.6 Å². The van der Waals surface area contributed by atoms with E-state index in [0.29, 0.717) is 5.02 Å². The zero-order chi connectivity index (χ0) is 14.5. The summed E-state index contributed by atoms with van der Waals surface area (Å²) in [7, 11) is 1.66. The third-order valence-corrected chi connectivity index (χ3v) is 3.46. The van der Waals surface area contributed by atoms with Crippen molar-refractivity contribution < 1.29 is 4.74 Å². The van der Waals surface area contributed by atoms with Crippen molar-refractivity contribution in [3.05, 3.63) is 46.7 Å². The molecule has 0 bridgehead atoms. The van der Waals surface area contributed by atoms with Crippen LogP contribution < -0.4 is 10.1 Å². The van der Waals surface area contributed by atoms with Crippen LogP contribution in [0.3, 0.4) is 0 Å². The average Bonchev–Trinajstić information content (AvgIpc) is 2.93. The quantitative estimate of drug-likeness (QED) is 0.888. The molecule has 1 N–H and O–H groups in total. The van der Waals surface area contributed by atoms with Crippen LogP contribution in [-0.2, 0) is 6.54 Å². The maximum absolute atomic E-state index is 6.03. The molecule has 1 heterocycles. The first-order valence-electron chi connectivity index (χ1n) is 6.78. The number of nitrogens with zero attached hydrogens (tertiary/aromatic N) is 2. The Kier molecular flexibility index (Phi) is 5.04. The lowest BCUT2D eigenvalue weighted by Crippen LogP contribution is -2.22. The molecule has 1 aromatic carbocycles. The van der Waals surface area contributed by atoms with E-state index in [4.69, 9.17) is 16.3 Å². The number of ether oxygens (including phenoxy) is 1. The fourth-order valence-corrected chi connectivity index (χ4v) is 2.40. The molecule has 0 saturated heterocycles. The van der Waals surface area contributed by atoms with Gasteiger partial charge in [0.2, 0.25) is 0 Å². The van der Waals surface area contributed by atoms with Gasteiger partial charge in [0.05, 0.1) is 19.3 Å². The summed E-state index contributed by atoms with van der Waals surface area (Å²) in [6.45, 7) is 5.87. The minimum Gasteiger partial charge on any atom is -0.496 e. The molecule has 0 spiro atoms. The number of aromatic nitrogens is 2. The Morgan fingerprint density at radius 2 is 2.20 bits per heavy atom. The number of aryl methyl sites for hydroxylation is 1. The second-order valence-corrected chi connectivity index (χ2v) is 4.94. The normalized spacial score (nSPS) is 12.4. The summed E-state index contributed by atoms with van der Waals surface area (Å²) < 4.78 is 7.38. The third kappa shape index (κ3) is 3.14. The van der Waals surface area contributed by atoms with E-state index in [1.807, 2.05) is 29.1 Å². The van der Waals surface area contributed by atoms with E-state index < -0.39 is 0 Å². The maximum atomic E-state index is 6.03. The van der Waals surface area contributed by atoms with E-state index >= 15 is 0 Å². The molecular formula is C15H20ClN3O. The Bertz CT molecular complexity index is 568. The van der Waals surface area contributed by atoms with Gasteiger partial charge in [-0.25, -0.2) is 0 Å². The molecule has 0 saturated carbocycles. The first-order chi connectivity index (χ1) is 9.69.